The lowest BCUT2D eigenvalue weighted by Gasteiger charge is -2.13. The van der Waals surface area contributed by atoms with Gasteiger partial charge in [-0.15, -0.1) is 0 Å². The second kappa shape index (κ2) is 9.49. The fourth-order valence-electron chi connectivity index (χ4n) is 1.72. The summed E-state index contributed by atoms with van der Waals surface area (Å²) in [7, 11) is 4.53. The Morgan fingerprint density at radius 3 is 2.50 bits per heavy atom. The van der Waals surface area contributed by atoms with E-state index in [1.54, 1.807) is 20.3 Å². The maximum atomic E-state index is 11.1. The Hall–Kier alpha value is -2.44. The first-order chi connectivity index (χ1) is 10.6. The first-order valence-corrected chi connectivity index (χ1v) is 6.98. The third kappa shape index (κ3) is 5.51. The molecule has 0 heterocycles. The average molecular weight is 309 g/mol. The topological polar surface area (TPSA) is 81.2 Å². The molecule has 0 unspecified atom stereocenters. The van der Waals surface area contributed by atoms with Gasteiger partial charge in [-0.3, -0.25) is 9.79 Å². The first kappa shape index (κ1) is 17.6. The number of hydrogen-bond acceptors (Lipinski definition) is 5. The van der Waals surface area contributed by atoms with Crippen LogP contribution < -0.4 is 20.1 Å². The van der Waals surface area contributed by atoms with Crippen LogP contribution >= 0.6 is 0 Å². The Morgan fingerprint density at radius 2 is 1.91 bits per heavy atom. The molecular formula is C15H23N3O4. The number of nitrogens with zero attached hydrogens (tertiary/aromatic N) is 1. The summed E-state index contributed by atoms with van der Waals surface area (Å²) in [6.45, 7) is 3.01. The molecule has 2 N–H and O–H groups in total. The van der Waals surface area contributed by atoms with Gasteiger partial charge in [0, 0.05) is 18.3 Å². The number of nitrogens with one attached hydrogen (secondary N) is 2. The molecule has 0 saturated carbocycles. The maximum absolute atomic E-state index is 11.1. The van der Waals surface area contributed by atoms with E-state index >= 15 is 0 Å². The van der Waals surface area contributed by atoms with Crippen molar-refractivity contribution < 1.29 is 19.0 Å². The summed E-state index contributed by atoms with van der Waals surface area (Å²) in [6, 6.07) is 5.47. The fraction of sp³-hybridized carbons (Fsp3) is 0.467. The molecule has 0 aliphatic carbocycles. The van der Waals surface area contributed by atoms with Gasteiger partial charge in [-0.1, -0.05) is 0 Å². The van der Waals surface area contributed by atoms with E-state index in [4.69, 9.17) is 9.47 Å². The molecule has 1 aromatic carbocycles. The van der Waals surface area contributed by atoms with Gasteiger partial charge in [-0.25, -0.2) is 0 Å². The molecule has 0 bridgehead atoms. The molecule has 0 aliphatic rings. The molecule has 1 aromatic rings. The lowest BCUT2D eigenvalue weighted by molar-refractivity contribution is -0.140. The van der Waals surface area contributed by atoms with Crippen LogP contribution in [0.1, 0.15) is 13.3 Å². The van der Waals surface area contributed by atoms with E-state index in [1.165, 1.54) is 7.11 Å². The SMILES string of the molecule is CCNC(=NCCC(=O)OC)Nc1ccc(OC)c(OC)c1. The summed E-state index contributed by atoms with van der Waals surface area (Å²) >= 11 is 0. The van der Waals surface area contributed by atoms with Gasteiger partial charge in [0.05, 0.1) is 34.3 Å². The zero-order valence-corrected chi connectivity index (χ0v) is 13.4. The molecule has 0 aliphatic heterocycles. The van der Waals surface area contributed by atoms with E-state index in [2.05, 4.69) is 20.4 Å². The van der Waals surface area contributed by atoms with Gasteiger partial charge in [-0.2, -0.15) is 0 Å². The molecule has 0 aromatic heterocycles. The lowest BCUT2D eigenvalue weighted by Crippen LogP contribution is -2.31. The van der Waals surface area contributed by atoms with Crippen molar-refractivity contribution in [1.82, 2.24) is 5.32 Å². The molecule has 0 radical (unpaired) electrons. The minimum Gasteiger partial charge on any atom is -0.493 e. The molecular weight excluding hydrogens is 286 g/mol. The number of aliphatic imine (C=N–C) groups is 1. The molecule has 7 nitrogen and oxygen atoms in total. The smallest absolute Gasteiger partial charge is 0.307 e. The number of hydrogen-bond donors (Lipinski definition) is 2. The molecule has 7 heteroatoms. The van der Waals surface area contributed by atoms with E-state index in [0.717, 1.165) is 5.69 Å². The Morgan fingerprint density at radius 1 is 1.18 bits per heavy atom. The highest BCUT2D eigenvalue weighted by molar-refractivity contribution is 5.94. The monoisotopic (exact) mass is 309 g/mol. The number of methoxy groups -OCH3 is 3. The third-order valence-corrected chi connectivity index (χ3v) is 2.80. The second-order valence-electron chi connectivity index (χ2n) is 4.28. The average Bonchev–Trinajstić information content (AvgIpc) is 2.54. The van der Waals surface area contributed by atoms with Crippen molar-refractivity contribution in [2.24, 2.45) is 4.99 Å². The number of guanidine groups is 1. The van der Waals surface area contributed by atoms with Gasteiger partial charge in [0.2, 0.25) is 0 Å². The van der Waals surface area contributed by atoms with Gasteiger partial charge in [-0.05, 0) is 19.1 Å². The van der Waals surface area contributed by atoms with Crippen LogP contribution in [-0.2, 0) is 9.53 Å². The van der Waals surface area contributed by atoms with Crippen molar-refractivity contribution in [2.75, 3.05) is 39.7 Å². The molecule has 0 spiro atoms. The number of benzene rings is 1. The summed E-state index contributed by atoms with van der Waals surface area (Å²) in [5.74, 6) is 1.57. The minimum absolute atomic E-state index is 0.235. The summed E-state index contributed by atoms with van der Waals surface area (Å²) in [5.41, 5.74) is 0.801. The number of carbonyl (C=O) groups excluding carboxylic acids is 1. The van der Waals surface area contributed by atoms with Crippen LogP contribution in [0.4, 0.5) is 5.69 Å². The Labute approximate surface area is 130 Å². The molecule has 1 rings (SSSR count). The highest BCUT2D eigenvalue weighted by atomic mass is 16.5. The standard InChI is InChI=1S/C15H23N3O4/c1-5-16-15(17-9-8-14(19)22-4)18-11-6-7-12(20-2)13(10-11)21-3/h6-7,10H,5,8-9H2,1-4H3,(H2,16,17,18). The Bertz CT molecular complexity index is 518. The van der Waals surface area contributed by atoms with Crippen molar-refractivity contribution in [1.29, 1.82) is 0 Å². The van der Waals surface area contributed by atoms with Crippen molar-refractivity contribution in [2.45, 2.75) is 13.3 Å². The molecule has 0 atom stereocenters. The van der Waals surface area contributed by atoms with E-state index in [0.29, 0.717) is 30.5 Å². The van der Waals surface area contributed by atoms with Crippen molar-refractivity contribution in [3.63, 3.8) is 0 Å². The zero-order chi connectivity index (χ0) is 16.4. The Balaban J connectivity index is 2.77. The van der Waals surface area contributed by atoms with E-state index in [9.17, 15) is 4.79 Å². The van der Waals surface area contributed by atoms with Crippen LogP contribution in [0.2, 0.25) is 0 Å². The van der Waals surface area contributed by atoms with Gasteiger partial charge in [0.1, 0.15) is 0 Å². The summed E-state index contributed by atoms with van der Waals surface area (Å²) in [4.78, 5) is 15.4. The quantitative estimate of drug-likeness (QED) is 0.453. The van der Waals surface area contributed by atoms with Crippen LogP contribution in [0.15, 0.2) is 23.2 Å². The van der Waals surface area contributed by atoms with E-state index in [-0.39, 0.29) is 12.4 Å². The molecule has 22 heavy (non-hydrogen) atoms. The van der Waals surface area contributed by atoms with Crippen molar-refractivity contribution in [3.05, 3.63) is 18.2 Å². The van der Waals surface area contributed by atoms with E-state index in [1.807, 2.05) is 19.1 Å². The summed E-state index contributed by atoms with van der Waals surface area (Å²) in [6.07, 6.45) is 0.235. The van der Waals surface area contributed by atoms with Crippen molar-refractivity contribution >= 4 is 17.6 Å². The number of rotatable bonds is 7. The number of ether oxygens (including phenoxy) is 3. The van der Waals surface area contributed by atoms with Crippen LogP contribution in [-0.4, -0.2) is 46.3 Å². The second-order valence-corrected chi connectivity index (χ2v) is 4.28. The highest BCUT2D eigenvalue weighted by Crippen LogP contribution is 2.29. The number of carbonyl (C=O) groups is 1. The van der Waals surface area contributed by atoms with Gasteiger partial charge >= 0.3 is 5.97 Å². The molecule has 0 fully saturated rings. The minimum atomic E-state index is -0.286. The normalized spacial score (nSPS) is 10.8. The van der Waals surface area contributed by atoms with E-state index < -0.39 is 0 Å². The van der Waals surface area contributed by atoms with Crippen LogP contribution in [0.5, 0.6) is 11.5 Å². The molecule has 0 saturated heterocycles. The fourth-order valence-corrected chi connectivity index (χ4v) is 1.72. The third-order valence-electron chi connectivity index (χ3n) is 2.80. The summed E-state index contributed by atoms with van der Waals surface area (Å²) in [5, 5.41) is 6.25. The van der Waals surface area contributed by atoms with Crippen LogP contribution in [0.25, 0.3) is 0 Å². The predicted octanol–water partition coefficient (Wildman–Crippen LogP) is 1.64. The first-order valence-electron chi connectivity index (χ1n) is 6.98. The number of anilines is 1. The van der Waals surface area contributed by atoms with Crippen molar-refractivity contribution in [3.8, 4) is 11.5 Å². The van der Waals surface area contributed by atoms with Crippen LogP contribution in [0.3, 0.4) is 0 Å². The largest absolute Gasteiger partial charge is 0.493 e. The Kier molecular flexibility index (Phi) is 7.60. The van der Waals surface area contributed by atoms with Crippen LogP contribution in [0, 0.1) is 0 Å². The maximum Gasteiger partial charge on any atom is 0.307 e. The molecule has 0 amide bonds. The summed E-state index contributed by atoms with van der Waals surface area (Å²) < 4.78 is 15.0. The van der Waals surface area contributed by atoms with Gasteiger partial charge < -0.3 is 24.8 Å². The predicted molar refractivity (Wildman–Crippen MR) is 85.8 cm³/mol. The highest BCUT2D eigenvalue weighted by Gasteiger charge is 2.06. The van der Waals surface area contributed by atoms with Gasteiger partial charge in [0.15, 0.2) is 17.5 Å². The lowest BCUT2D eigenvalue weighted by atomic mass is 10.3. The molecule has 122 valence electrons. The zero-order valence-electron chi connectivity index (χ0n) is 13.4. The van der Waals surface area contributed by atoms with Gasteiger partial charge in [0.25, 0.3) is 0 Å². The number of esters is 1.